The number of aromatic amines is 1. The first-order valence-corrected chi connectivity index (χ1v) is 20.0. The number of carbonyl (C=O) groups is 3. The van der Waals surface area contributed by atoms with Crippen molar-refractivity contribution in [1.29, 1.82) is 0 Å². The largest absolute Gasteiger partial charge is 0.436 e. The van der Waals surface area contributed by atoms with Crippen LogP contribution in [0.15, 0.2) is 42.6 Å². The van der Waals surface area contributed by atoms with Crippen LogP contribution in [-0.2, 0) is 32.4 Å². The zero-order chi connectivity index (χ0) is 35.7. The van der Waals surface area contributed by atoms with Crippen molar-refractivity contribution < 1.29 is 27.5 Å². The molecule has 274 valence electrons. The molecule has 7 rings (SSSR count). The lowest BCUT2D eigenvalue weighted by Gasteiger charge is -2.42. The molecule has 14 nitrogen and oxygen atoms in total. The van der Waals surface area contributed by atoms with Crippen molar-refractivity contribution in [3.8, 4) is 0 Å². The number of fused-ring (bicyclic) bond motifs is 2. The Morgan fingerprint density at radius 2 is 1.63 bits per heavy atom. The van der Waals surface area contributed by atoms with Crippen LogP contribution in [-0.4, -0.2) is 144 Å². The number of likely N-dealkylation sites (tertiary alicyclic amines) is 2. The summed E-state index contributed by atoms with van der Waals surface area (Å²) >= 11 is 6.54. The van der Waals surface area contributed by atoms with E-state index < -0.39 is 22.2 Å². The number of aromatic nitrogens is 2. The second kappa shape index (κ2) is 15.0. The van der Waals surface area contributed by atoms with Gasteiger partial charge in [0.15, 0.2) is 6.10 Å². The molecule has 4 amide bonds. The highest BCUT2D eigenvalue weighted by Crippen LogP contribution is 2.28. The van der Waals surface area contributed by atoms with Gasteiger partial charge in [-0.2, -0.15) is 9.40 Å². The fraction of sp³-hybridized carbons (Fsp3) is 0.543. The van der Waals surface area contributed by atoms with Gasteiger partial charge in [0.2, 0.25) is 10.0 Å². The lowest BCUT2D eigenvalue weighted by atomic mass is 10.00. The number of hydrogen-bond acceptors (Lipinski definition) is 8. The number of para-hydroxylation sites is 1. The number of H-pyrrole nitrogens is 1. The predicted octanol–water partition coefficient (Wildman–Crippen LogP) is 3.39. The summed E-state index contributed by atoms with van der Waals surface area (Å²) in [4.78, 5) is 48.5. The lowest BCUT2D eigenvalue weighted by molar-refractivity contribution is -0.142. The van der Waals surface area contributed by atoms with Gasteiger partial charge in [-0.05, 0) is 61.4 Å². The van der Waals surface area contributed by atoms with E-state index in [9.17, 15) is 22.8 Å². The fourth-order valence-corrected chi connectivity index (χ4v) is 9.05. The van der Waals surface area contributed by atoms with Gasteiger partial charge in [0.05, 0.1) is 23.0 Å². The predicted molar refractivity (Wildman–Crippen MR) is 193 cm³/mol. The minimum absolute atomic E-state index is 0.0136. The Hall–Kier alpha value is -3.92. The van der Waals surface area contributed by atoms with E-state index in [0.717, 1.165) is 41.5 Å². The quantitative estimate of drug-likeness (QED) is 0.374. The summed E-state index contributed by atoms with van der Waals surface area (Å²) in [5, 5.41) is 11.3. The Morgan fingerprint density at radius 3 is 2.35 bits per heavy atom. The number of rotatable bonds is 7. The van der Waals surface area contributed by atoms with Crippen LogP contribution in [0.4, 0.5) is 15.3 Å². The maximum absolute atomic E-state index is 14.1. The van der Waals surface area contributed by atoms with Crippen LogP contribution in [0.2, 0.25) is 5.02 Å². The van der Waals surface area contributed by atoms with E-state index >= 15 is 0 Å². The SMILES string of the molecule is CS(=O)(=O)N1CCN(C2CCN(C(=O)[C@@H](Cc3cc(Cl)c4[nH]ncc4c3)OC(=O)N3CCC(N4CCc5ccccc5NC4=O)CC3)CC2)CC1. The average molecular weight is 741 g/mol. The Labute approximate surface area is 303 Å². The lowest BCUT2D eigenvalue weighted by Crippen LogP contribution is -2.55. The molecular weight excluding hydrogens is 696 g/mol. The number of benzene rings is 2. The average Bonchev–Trinajstić information content (AvgIpc) is 3.54. The monoisotopic (exact) mass is 740 g/mol. The highest BCUT2D eigenvalue weighted by atomic mass is 35.5. The van der Waals surface area contributed by atoms with Gasteiger partial charge in [-0.25, -0.2) is 18.0 Å². The van der Waals surface area contributed by atoms with Crippen molar-refractivity contribution in [2.75, 3.05) is 70.5 Å². The van der Waals surface area contributed by atoms with Gasteiger partial charge in [-0.3, -0.25) is 14.8 Å². The van der Waals surface area contributed by atoms with Crippen molar-refractivity contribution >= 4 is 56.2 Å². The number of amides is 4. The number of nitrogens with zero attached hydrogens (tertiary/aromatic N) is 6. The van der Waals surface area contributed by atoms with Crippen molar-refractivity contribution in [3.63, 3.8) is 0 Å². The number of nitrogens with one attached hydrogen (secondary N) is 2. The number of carbonyl (C=O) groups excluding carboxylic acids is 3. The second-order valence-electron chi connectivity index (χ2n) is 14.0. The van der Waals surface area contributed by atoms with E-state index in [4.69, 9.17) is 16.3 Å². The molecule has 51 heavy (non-hydrogen) atoms. The van der Waals surface area contributed by atoms with Crippen LogP contribution in [0.1, 0.15) is 36.8 Å². The third kappa shape index (κ3) is 7.96. The van der Waals surface area contributed by atoms with Crippen LogP contribution in [0.25, 0.3) is 10.9 Å². The molecule has 16 heteroatoms. The van der Waals surface area contributed by atoms with Gasteiger partial charge >= 0.3 is 12.1 Å². The zero-order valence-corrected chi connectivity index (χ0v) is 30.4. The number of piperazine rings is 1. The minimum Gasteiger partial charge on any atom is -0.436 e. The van der Waals surface area contributed by atoms with Crippen LogP contribution < -0.4 is 5.32 Å². The van der Waals surface area contributed by atoms with Crippen molar-refractivity contribution in [1.82, 2.24) is 34.1 Å². The molecule has 0 radical (unpaired) electrons. The number of anilines is 1. The van der Waals surface area contributed by atoms with Gasteiger partial charge in [-0.1, -0.05) is 29.8 Å². The van der Waals surface area contributed by atoms with Gasteiger partial charge in [0, 0.05) is 88.5 Å². The van der Waals surface area contributed by atoms with Gasteiger partial charge in [0.1, 0.15) is 0 Å². The summed E-state index contributed by atoms with van der Waals surface area (Å²) in [6.07, 6.45) is 4.94. The molecule has 1 atom stereocenters. The number of urea groups is 1. The molecular formula is C35H45ClN8O6S. The summed E-state index contributed by atoms with van der Waals surface area (Å²) < 4.78 is 31.5. The Kier molecular flexibility index (Phi) is 10.4. The van der Waals surface area contributed by atoms with E-state index in [1.807, 2.05) is 35.2 Å². The van der Waals surface area contributed by atoms with Gasteiger partial charge in [-0.15, -0.1) is 0 Å². The third-order valence-corrected chi connectivity index (χ3v) is 12.4. The van der Waals surface area contributed by atoms with Gasteiger partial charge in [0.25, 0.3) is 5.91 Å². The number of hydrogen-bond donors (Lipinski definition) is 2. The van der Waals surface area contributed by atoms with Crippen LogP contribution in [0.3, 0.4) is 0 Å². The van der Waals surface area contributed by atoms with Crippen LogP contribution in [0, 0.1) is 0 Å². The molecule has 3 aromatic rings. The zero-order valence-electron chi connectivity index (χ0n) is 28.8. The molecule has 4 aliphatic rings. The van der Waals surface area contributed by atoms with Crippen molar-refractivity contribution in [2.45, 2.75) is 56.7 Å². The molecule has 5 heterocycles. The minimum atomic E-state index is -3.21. The van der Waals surface area contributed by atoms with Crippen molar-refractivity contribution in [2.24, 2.45) is 0 Å². The molecule has 2 N–H and O–H groups in total. The smallest absolute Gasteiger partial charge is 0.410 e. The first kappa shape index (κ1) is 35.5. The maximum atomic E-state index is 14.1. The number of piperidine rings is 2. The maximum Gasteiger partial charge on any atom is 0.410 e. The number of halogens is 1. The summed E-state index contributed by atoms with van der Waals surface area (Å²) in [5.41, 5.74) is 3.40. The third-order valence-electron chi connectivity index (χ3n) is 10.8. The molecule has 0 unspecified atom stereocenters. The fourth-order valence-electron chi connectivity index (χ4n) is 7.93. The van der Waals surface area contributed by atoms with Crippen molar-refractivity contribution in [3.05, 3.63) is 58.7 Å². The summed E-state index contributed by atoms with van der Waals surface area (Å²) in [6, 6.07) is 11.6. The van der Waals surface area contributed by atoms with E-state index in [1.165, 1.54) is 10.6 Å². The molecule has 0 aliphatic carbocycles. The molecule has 0 spiro atoms. The van der Waals surface area contributed by atoms with E-state index in [0.29, 0.717) is 82.3 Å². The Balaban J connectivity index is 0.985. The Morgan fingerprint density at radius 1 is 0.941 bits per heavy atom. The molecule has 3 saturated heterocycles. The standard InChI is InChI=1S/C35H45ClN8O6S/c1-51(48,49)43-18-16-40(17-19-43)27-7-11-41(12-8-27)33(45)31(22-24-20-26-23-37-39-32(26)29(36)21-24)50-35(47)42-13-9-28(10-14-42)44-15-6-25-4-2-3-5-30(25)38-34(44)46/h2-5,20-21,23,27-28,31H,6-19,22H2,1H3,(H,37,39)(H,38,46)/t31-/m1/s1. The molecule has 4 aliphatic heterocycles. The highest BCUT2D eigenvalue weighted by Gasteiger charge is 2.37. The highest BCUT2D eigenvalue weighted by molar-refractivity contribution is 7.88. The molecule has 3 fully saturated rings. The van der Waals surface area contributed by atoms with Crippen LogP contribution >= 0.6 is 11.6 Å². The summed E-state index contributed by atoms with van der Waals surface area (Å²) in [7, 11) is -3.21. The summed E-state index contributed by atoms with van der Waals surface area (Å²) in [6.45, 7) is 4.71. The topological polar surface area (TPSA) is 151 Å². The summed E-state index contributed by atoms with van der Waals surface area (Å²) in [5.74, 6) is -0.247. The number of ether oxygens (including phenoxy) is 1. The molecule has 0 bridgehead atoms. The first-order valence-electron chi connectivity index (χ1n) is 17.7. The van der Waals surface area contributed by atoms with Crippen LogP contribution in [0.5, 0.6) is 0 Å². The van der Waals surface area contributed by atoms with E-state index in [2.05, 4.69) is 20.4 Å². The van der Waals surface area contributed by atoms with Gasteiger partial charge < -0.3 is 24.8 Å². The molecule has 1 aromatic heterocycles. The second-order valence-corrected chi connectivity index (χ2v) is 16.4. The normalized spacial score (nSPS) is 20.9. The first-order chi connectivity index (χ1) is 24.5. The number of sulfonamides is 1. The van der Waals surface area contributed by atoms with E-state index in [-0.39, 0.29) is 30.4 Å². The van der Waals surface area contributed by atoms with E-state index in [1.54, 1.807) is 22.1 Å². The Bertz CT molecular complexity index is 1870. The molecule has 2 aromatic carbocycles. The molecule has 0 saturated carbocycles.